The van der Waals surface area contributed by atoms with E-state index in [0.717, 1.165) is 61.7 Å². The Morgan fingerprint density at radius 2 is 1.64 bits per heavy atom. The van der Waals surface area contributed by atoms with Crippen molar-refractivity contribution in [3.05, 3.63) is 36.0 Å². The van der Waals surface area contributed by atoms with Crippen LogP contribution in [0.1, 0.15) is 50.6 Å². The number of amides is 1. The first-order chi connectivity index (χ1) is 13.7. The lowest BCUT2D eigenvalue weighted by atomic mass is 9.88. The number of hydrogen-bond acceptors (Lipinski definition) is 5. The molecule has 2 N–H and O–H groups in total. The highest BCUT2D eigenvalue weighted by atomic mass is 16.1. The van der Waals surface area contributed by atoms with Gasteiger partial charge in [0.15, 0.2) is 0 Å². The number of aromatic nitrogens is 2. The number of aryl methyl sites for hydroxylation is 1. The molecule has 148 valence electrons. The Hall–Kier alpha value is -2.63. The number of rotatable bonds is 5. The van der Waals surface area contributed by atoms with E-state index in [9.17, 15) is 4.79 Å². The third-order valence-corrected chi connectivity index (χ3v) is 5.66. The SMILES string of the molecule is Cc1cc(N2CCCC2)nc(Nc2ccc(NC(=O)C3CCCCC3)cc2)n1. The maximum atomic E-state index is 12.4. The largest absolute Gasteiger partial charge is 0.356 e. The molecule has 0 spiro atoms. The first-order valence-electron chi connectivity index (χ1n) is 10.5. The zero-order valence-corrected chi connectivity index (χ0v) is 16.6. The summed E-state index contributed by atoms with van der Waals surface area (Å²) in [6, 6.07) is 9.82. The van der Waals surface area contributed by atoms with Crippen LogP contribution in [-0.2, 0) is 4.79 Å². The van der Waals surface area contributed by atoms with Crippen LogP contribution in [0.2, 0.25) is 0 Å². The van der Waals surface area contributed by atoms with Gasteiger partial charge in [0.2, 0.25) is 11.9 Å². The first-order valence-corrected chi connectivity index (χ1v) is 10.5. The Labute approximate surface area is 166 Å². The van der Waals surface area contributed by atoms with Gasteiger partial charge in [0.25, 0.3) is 0 Å². The number of carbonyl (C=O) groups is 1. The van der Waals surface area contributed by atoms with Crippen molar-refractivity contribution in [3.8, 4) is 0 Å². The third kappa shape index (κ3) is 4.61. The molecule has 0 unspecified atom stereocenters. The molecule has 2 heterocycles. The molecule has 1 saturated heterocycles. The van der Waals surface area contributed by atoms with Crippen LogP contribution >= 0.6 is 0 Å². The van der Waals surface area contributed by atoms with Crippen molar-refractivity contribution in [1.29, 1.82) is 0 Å². The Kier molecular flexibility index (Phi) is 5.74. The van der Waals surface area contributed by atoms with E-state index in [2.05, 4.69) is 25.5 Å². The number of hydrogen-bond donors (Lipinski definition) is 2. The average molecular weight is 380 g/mol. The molecule has 1 amide bonds. The second-order valence-corrected chi connectivity index (χ2v) is 7.91. The molecule has 1 saturated carbocycles. The molecule has 2 aliphatic rings. The van der Waals surface area contributed by atoms with Gasteiger partial charge in [-0.2, -0.15) is 4.98 Å². The van der Waals surface area contributed by atoms with Crippen molar-refractivity contribution in [1.82, 2.24) is 9.97 Å². The van der Waals surface area contributed by atoms with Gasteiger partial charge in [0.05, 0.1) is 0 Å². The van der Waals surface area contributed by atoms with E-state index in [0.29, 0.717) is 5.95 Å². The quantitative estimate of drug-likeness (QED) is 0.791. The highest BCUT2D eigenvalue weighted by Crippen LogP contribution is 2.26. The van der Waals surface area contributed by atoms with Crippen LogP contribution in [0.3, 0.4) is 0 Å². The molecule has 1 aliphatic heterocycles. The van der Waals surface area contributed by atoms with Crippen molar-refractivity contribution >= 4 is 29.0 Å². The summed E-state index contributed by atoms with van der Waals surface area (Å²) in [6.07, 6.45) is 8.04. The molecular formula is C22H29N5O. The number of nitrogens with zero attached hydrogens (tertiary/aromatic N) is 3. The summed E-state index contributed by atoms with van der Waals surface area (Å²) in [5.74, 6) is 1.92. The Morgan fingerprint density at radius 3 is 2.36 bits per heavy atom. The summed E-state index contributed by atoms with van der Waals surface area (Å²) in [6.45, 7) is 4.12. The minimum Gasteiger partial charge on any atom is -0.356 e. The van der Waals surface area contributed by atoms with Gasteiger partial charge >= 0.3 is 0 Å². The van der Waals surface area contributed by atoms with Gasteiger partial charge < -0.3 is 15.5 Å². The van der Waals surface area contributed by atoms with Crippen molar-refractivity contribution in [2.24, 2.45) is 5.92 Å². The molecular weight excluding hydrogens is 350 g/mol. The second kappa shape index (κ2) is 8.59. The molecule has 2 fully saturated rings. The minimum atomic E-state index is 0.151. The zero-order chi connectivity index (χ0) is 19.3. The maximum absolute atomic E-state index is 12.4. The fourth-order valence-corrected chi connectivity index (χ4v) is 4.09. The lowest BCUT2D eigenvalue weighted by molar-refractivity contribution is -0.120. The van der Waals surface area contributed by atoms with Gasteiger partial charge in [-0.25, -0.2) is 4.98 Å². The standard InChI is InChI=1S/C22H29N5O/c1-16-15-20(27-13-5-6-14-27)26-22(23-16)25-19-11-9-18(10-12-19)24-21(28)17-7-3-2-4-8-17/h9-12,15,17H,2-8,13-14H2,1H3,(H,24,28)(H,23,25,26). The summed E-state index contributed by atoms with van der Waals surface area (Å²) in [7, 11) is 0. The number of anilines is 4. The molecule has 4 rings (SSSR count). The molecule has 1 aliphatic carbocycles. The van der Waals surface area contributed by atoms with Crippen LogP contribution in [0.5, 0.6) is 0 Å². The Morgan fingerprint density at radius 1 is 0.964 bits per heavy atom. The molecule has 0 radical (unpaired) electrons. The van der Waals surface area contributed by atoms with Gasteiger partial charge in [0.1, 0.15) is 5.82 Å². The van der Waals surface area contributed by atoms with Crippen LogP contribution in [0.4, 0.5) is 23.1 Å². The van der Waals surface area contributed by atoms with Gasteiger partial charge in [0, 0.05) is 42.1 Å². The van der Waals surface area contributed by atoms with E-state index in [4.69, 9.17) is 0 Å². The molecule has 0 atom stereocenters. The van der Waals surface area contributed by atoms with Gasteiger partial charge in [-0.15, -0.1) is 0 Å². The van der Waals surface area contributed by atoms with E-state index in [1.165, 1.54) is 19.3 Å². The number of benzene rings is 1. The zero-order valence-electron chi connectivity index (χ0n) is 16.6. The summed E-state index contributed by atoms with van der Waals surface area (Å²) < 4.78 is 0. The molecule has 1 aromatic heterocycles. The molecule has 6 heteroatoms. The molecule has 2 aromatic rings. The lowest BCUT2D eigenvalue weighted by Crippen LogP contribution is -2.24. The molecule has 0 bridgehead atoms. The van der Waals surface area contributed by atoms with E-state index in [1.54, 1.807) is 0 Å². The van der Waals surface area contributed by atoms with Crippen LogP contribution in [0.25, 0.3) is 0 Å². The molecule has 28 heavy (non-hydrogen) atoms. The van der Waals surface area contributed by atoms with E-state index >= 15 is 0 Å². The fraction of sp³-hybridized carbons (Fsp3) is 0.500. The summed E-state index contributed by atoms with van der Waals surface area (Å²) >= 11 is 0. The smallest absolute Gasteiger partial charge is 0.229 e. The van der Waals surface area contributed by atoms with Crippen LogP contribution in [0, 0.1) is 12.8 Å². The first kappa shape index (κ1) is 18.7. The predicted octanol–water partition coefficient (Wildman–Crippen LogP) is 4.65. The highest BCUT2D eigenvalue weighted by Gasteiger charge is 2.21. The van der Waals surface area contributed by atoms with Gasteiger partial charge in [-0.05, 0) is 56.9 Å². The predicted molar refractivity (Wildman–Crippen MR) is 113 cm³/mol. The molecule has 6 nitrogen and oxygen atoms in total. The lowest BCUT2D eigenvalue weighted by Gasteiger charge is -2.20. The van der Waals surface area contributed by atoms with E-state index < -0.39 is 0 Å². The maximum Gasteiger partial charge on any atom is 0.229 e. The fourth-order valence-electron chi connectivity index (χ4n) is 4.09. The Balaban J connectivity index is 1.39. The minimum absolute atomic E-state index is 0.151. The van der Waals surface area contributed by atoms with Crippen molar-refractivity contribution in [2.75, 3.05) is 28.6 Å². The van der Waals surface area contributed by atoms with Crippen molar-refractivity contribution in [2.45, 2.75) is 51.9 Å². The third-order valence-electron chi connectivity index (χ3n) is 5.66. The number of nitrogens with one attached hydrogen (secondary N) is 2. The van der Waals surface area contributed by atoms with Crippen LogP contribution in [-0.4, -0.2) is 29.0 Å². The van der Waals surface area contributed by atoms with Crippen molar-refractivity contribution < 1.29 is 4.79 Å². The van der Waals surface area contributed by atoms with Gasteiger partial charge in [-0.1, -0.05) is 19.3 Å². The topological polar surface area (TPSA) is 70.2 Å². The summed E-state index contributed by atoms with van der Waals surface area (Å²) in [4.78, 5) is 23.9. The number of carbonyl (C=O) groups excluding carboxylic acids is 1. The van der Waals surface area contributed by atoms with E-state index in [-0.39, 0.29) is 11.8 Å². The summed E-state index contributed by atoms with van der Waals surface area (Å²) in [5.41, 5.74) is 2.70. The van der Waals surface area contributed by atoms with Gasteiger partial charge in [-0.3, -0.25) is 4.79 Å². The average Bonchev–Trinajstić information content (AvgIpc) is 3.25. The van der Waals surface area contributed by atoms with E-state index in [1.807, 2.05) is 37.3 Å². The van der Waals surface area contributed by atoms with Crippen LogP contribution in [0.15, 0.2) is 30.3 Å². The highest BCUT2D eigenvalue weighted by molar-refractivity contribution is 5.92. The molecule has 1 aromatic carbocycles. The van der Waals surface area contributed by atoms with Crippen molar-refractivity contribution in [3.63, 3.8) is 0 Å². The monoisotopic (exact) mass is 379 g/mol. The van der Waals surface area contributed by atoms with Crippen LogP contribution < -0.4 is 15.5 Å². The normalized spacial score (nSPS) is 17.5. The second-order valence-electron chi connectivity index (χ2n) is 7.91. The Bertz CT molecular complexity index is 808. The summed E-state index contributed by atoms with van der Waals surface area (Å²) in [5, 5.41) is 6.34.